The maximum absolute atomic E-state index is 7.41. The van der Waals surface area contributed by atoms with Crippen LogP contribution in [0.1, 0.15) is 125 Å². The molecule has 0 N–H and O–H groups in total. The van der Waals surface area contributed by atoms with Crippen molar-refractivity contribution in [1.29, 1.82) is 0 Å². The summed E-state index contributed by atoms with van der Waals surface area (Å²) in [6, 6.07) is 41.9. The van der Waals surface area contributed by atoms with Crippen LogP contribution in [0, 0.1) is 0 Å². The number of hydrogen-bond donors (Lipinski definition) is 0. The molecule has 52 heavy (non-hydrogen) atoms. The van der Waals surface area contributed by atoms with Gasteiger partial charge in [0.25, 0.3) is 0 Å². The molecule has 4 aliphatic rings. The Hall–Kier alpha value is -4.46. The zero-order valence-corrected chi connectivity index (χ0v) is 32.7. The normalized spacial score (nSPS) is 20.3. The molecule has 0 radical (unpaired) electrons. The maximum Gasteiger partial charge on any atom is 0.106 e. The standard InChI is InChI=1S/C51H52O/c1-47(2,3)31-19-23-33(24-20-31)51(34-25-21-32(22-26-34)48(4,5)6)29-40-35-15-11-12-17-37(35)44-39-28-42-38(36-16-13-14-18-41(36)49(42,7)8)27-43(39)50(9,10)45(44)46(40)52-30-51/h11-29,46H,30H2,1-10H3. The molecule has 1 atom stereocenters. The smallest absolute Gasteiger partial charge is 0.106 e. The van der Waals surface area contributed by atoms with E-state index < -0.39 is 5.41 Å². The van der Waals surface area contributed by atoms with Crippen LogP contribution in [0.2, 0.25) is 0 Å². The Bertz CT molecular complexity index is 2290. The van der Waals surface area contributed by atoms with Crippen molar-refractivity contribution in [3.63, 3.8) is 0 Å². The van der Waals surface area contributed by atoms with Gasteiger partial charge in [-0.2, -0.15) is 0 Å². The zero-order chi connectivity index (χ0) is 36.6. The van der Waals surface area contributed by atoms with Crippen LogP contribution in [0.3, 0.4) is 0 Å². The number of rotatable bonds is 2. The minimum Gasteiger partial charge on any atom is -0.367 e. The van der Waals surface area contributed by atoms with Crippen LogP contribution in [-0.4, -0.2) is 12.7 Å². The fourth-order valence-electron chi connectivity index (χ4n) is 9.96. The van der Waals surface area contributed by atoms with Gasteiger partial charge in [0, 0.05) is 10.8 Å². The molecule has 1 heteroatoms. The number of benzene rings is 5. The van der Waals surface area contributed by atoms with Crippen molar-refractivity contribution in [3.05, 3.63) is 176 Å². The largest absolute Gasteiger partial charge is 0.367 e. The van der Waals surface area contributed by atoms with Gasteiger partial charge in [-0.3, -0.25) is 0 Å². The van der Waals surface area contributed by atoms with E-state index in [0.717, 1.165) is 0 Å². The van der Waals surface area contributed by atoms with E-state index in [0.29, 0.717) is 6.61 Å². The fourth-order valence-corrected chi connectivity index (χ4v) is 9.96. The molecule has 0 fully saturated rings. The minimum absolute atomic E-state index is 0.0559. The van der Waals surface area contributed by atoms with Crippen molar-refractivity contribution >= 4 is 11.1 Å². The number of hydrogen-bond acceptors (Lipinski definition) is 1. The van der Waals surface area contributed by atoms with Crippen LogP contribution in [0.5, 0.6) is 0 Å². The van der Waals surface area contributed by atoms with Gasteiger partial charge in [0.2, 0.25) is 0 Å². The van der Waals surface area contributed by atoms with Gasteiger partial charge in [-0.25, -0.2) is 0 Å². The van der Waals surface area contributed by atoms with Crippen molar-refractivity contribution in [3.8, 4) is 11.1 Å². The third-order valence-electron chi connectivity index (χ3n) is 13.1. The highest BCUT2D eigenvalue weighted by Gasteiger charge is 2.51. The van der Waals surface area contributed by atoms with Crippen molar-refractivity contribution < 1.29 is 4.74 Å². The first-order valence-corrected chi connectivity index (χ1v) is 19.2. The summed E-state index contributed by atoms with van der Waals surface area (Å²) in [7, 11) is 0. The molecule has 1 heterocycles. The van der Waals surface area contributed by atoms with E-state index in [4.69, 9.17) is 4.74 Å². The summed E-state index contributed by atoms with van der Waals surface area (Å²) < 4.78 is 7.41. The quantitative estimate of drug-likeness (QED) is 0.180. The van der Waals surface area contributed by atoms with E-state index >= 15 is 0 Å². The second-order valence-electron chi connectivity index (χ2n) is 19.0. The van der Waals surface area contributed by atoms with Gasteiger partial charge < -0.3 is 4.74 Å². The lowest BCUT2D eigenvalue weighted by Crippen LogP contribution is -2.42. The van der Waals surface area contributed by atoms with Gasteiger partial charge in [0.05, 0.1) is 12.0 Å². The van der Waals surface area contributed by atoms with E-state index in [9.17, 15) is 0 Å². The lowest BCUT2D eigenvalue weighted by molar-refractivity contribution is 0.0742. The third kappa shape index (κ3) is 4.57. The average molecular weight is 681 g/mol. The zero-order valence-electron chi connectivity index (χ0n) is 32.7. The van der Waals surface area contributed by atoms with Crippen LogP contribution in [0.4, 0.5) is 0 Å². The molecular weight excluding hydrogens is 629 g/mol. The summed E-state index contributed by atoms with van der Waals surface area (Å²) in [6.07, 6.45) is 2.47. The molecule has 3 aliphatic carbocycles. The molecule has 1 unspecified atom stereocenters. The second kappa shape index (κ2) is 10.8. The Kier molecular flexibility index (Phi) is 6.93. The molecule has 0 saturated heterocycles. The van der Waals surface area contributed by atoms with E-state index in [1.54, 1.807) is 0 Å². The SMILES string of the molecule is CC(C)(C)c1ccc(C2(c3ccc(C(C)(C)C)cc3)C=C3c4ccccc4C4=C(C3OC2)C(C)(C)c2cc3c(cc24)C(C)(C)c2ccccc2-3)cc1. The first kappa shape index (κ1) is 33.4. The lowest BCUT2D eigenvalue weighted by Gasteiger charge is -2.44. The highest BCUT2D eigenvalue weighted by molar-refractivity contribution is 6.02. The summed E-state index contributed by atoms with van der Waals surface area (Å²) in [4.78, 5) is 0. The Labute approximate surface area is 311 Å². The van der Waals surface area contributed by atoms with E-state index in [2.05, 4.69) is 185 Å². The predicted octanol–water partition coefficient (Wildman–Crippen LogP) is 12.5. The van der Waals surface area contributed by atoms with Gasteiger partial charge in [-0.05, 0) is 106 Å². The molecule has 0 spiro atoms. The van der Waals surface area contributed by atoms with Crippen molar-refractivity contribution in [2.75, 3.05) is 6.61 Å². The molecule has 9 rings (SSSR count). The van der Waals surface area contributed by atoms with Crippen LogP contribution >= 0.6 is 0 Å². The van der Waals surface area contributed by atoms with Gasteiger partial charge in [0.15, 0.2) is 0 Å². The van der Waals surface area contributed by atoms with Gasteiger partial charge >= 0.3 is 0 Å². The average Bonchev–Trinajstić information content (AvgIpc) is 3.49. The predicted molar refractivity (Wildman–Crippen MR) is 218 cm³/mol. The Morgan fingerprint density at radius 1 is 0.519 bits per heavy atom. The summed E-state index contributed by atoms with van der Waals surface area (Å²) in [6.45, 7) is 24.0. The topological polar surface area (TPSA) is 9.23 Å². The molecular formula is C51H52O. The monoisotopic (exact) mass is 680 g/mol. The highest BCUT2D eigenvalue weighted by atomic mass is 16.5. The van der Waals surface area contributed by atoms with Crippen molar-refractivity contribution in [2.45, 2.75) is 102 Å². The van der Waals surface area contributed by atoms with E-state index in [1.807, 2.05) is 0 Å². The lowest BCUT2D eigenvalue weighted by atomic mass is 9.66. The Balaban J connectivity index is 1.26. The molecule has 0 bridgehead atoms. The Morgan fingerprint density at radius 2 is 1.02 bits per heavy atom. The van der Waals surface area contributed by atoms with Crippen molar-refractivity contribution in [2.24, 2.45) is 0 Å². The molecule has 5 aromatic carbocycles. The van der Waals surface area contributed by atoms with E-state index in [-0.39, 0.29) is 27.8 Å². The molecule has 262 valence electrons. The summed E-state index contributed by atoms with van der Waals surface area (Å²) >= 11 is 0. The van der Waals surface area contributed by atoms with Gasteiger partial charge in [-0.1, -0.05) is 172 Å². The molecule has 5 aromatic rings. The minimum atomic E-state index is -0.436. The number of fused-ring (bicyclic) bond motifs is 10. The van der Waals surface area contributed by atoms with Crippen LogP contribution < -0.4 is 0 Å². The first-order valence-electron chi connectivity index (χ1n) is 19.2. The maximum atomic E-state index is 7.41. The van der Waals surface area contributed by atoms with E-state index in [1.165, 1.54) is 83.5 Å². The Morgan fingerprint density at radius 3 is 1.60 bits per heavy atom. The summed E-state index contributed by atoms with van der Waals surface area (Å²) in [5.41, 5.74) is 19.8. The number of ether oxygens (including phenoxy) is 1. The van der Waals surface area contributed by atoms with Gasteiger partial charge in [0.1, 0.15) is 6.10 Å². The van der Waals surface area contributed by atoms with Crippen molar-refractivity contribution in [1.82, 2.24) is 0 Å². The third-order valence-corrected chi connectivity index (χ3v) is 13.1. The molecule has 0 amide bonds. The molecule has 0 saturated carbocycles. The van der Waals surface area contributed by atoms with Gasteiger partial charge in [-0.15, -0.1) is 0 Å². The summed E-state index contributed by atoms with van der Waals surface area (Å²) in [5, 5.41) is 0. The first-order chi connectivity index (χ1) is 24.5. The molecule has 1 nitrogen and oxygen atoms in total. The second-order valence-corrected chi connectivity index (χ2v) is 19.0. The highest BCUT2D eigenvalue weighted by Crippen LogP contribution is 2.61. The fraction of sp³-hybridized carbons (Fsp3) is 0.333. The molecule has 0 aromatic heterocycles. The van der Waals surface area contributed by atoms with Crippen LogP contribution in [0.15, 0.2) is 121 Å². The molecule has 1 aliphatic heterocycles. The van der Waals surface area contributed by atoms with Crippen LogP contribution in [0.25, 0.3) is 22.3 Å². The van der Waals surface area contributed by atoms with Crippen LogP contribution in [-0.2, 0) is 31.8 Å². The summed E-state index contributed by atoms with van der Waals surface area (Å²) in [5.74, 6) is 0.